The Bertz CT molecular complexity index is 1110. The van der Waals surface area contributed by atoms with Crippen LogP contribution in [0.5, 0.6) is 0 Å². The highest BCUT2D eigenvalue weighted by Gasteiger charge is 2.36. The summed E-state index contributed by atoms with van der Waals surface area (Å²) >= 11 is 0. The lowest BCUT2D eigenvalue weighted by atomic mass is 10.1. The van der Waals surface area contributed by atoms with Gasteiger partial charge in [-0.25, -0.2) is 4.98 Å². The van der Waals surface area contributed by atoms with E-state index in [0.29, 0.717) is 17.3 Å². The number of furan rings is 1. The molecule has 146 valence electrons. The minimum absolute atomic E-state index is 0.0444. The molecule has 1 N–H and O–H groups in total. The van der Waals surface area contributed by atoms with Crippen molar-refractivity contribution in [2.75, 3.05) is 24.3 Å². The highest BCUT2D eigenvalue weighted by molar-refractivity contribution is 6.22. The fourth-order valence-electron chi connectivity index (χ4n) is 3.18. The summed E-state index contributed by atoms with van der Waals surface area (Å²) in [5.74, 6) is -0.140. The van der Waals surface area contributed by atoms with E-state index in [2.05, 4.69) is 10.3 Å². The second kappa shape index (κ2) is 7.23. The molecule has 1 aliphatic rings. The smallest absolute Gasteiger partial charge is 0.261 e. The molecule has 0 radical (unpaired) electrons. The Morgan fingerprint density at radius 1 is 1.10 bits per heavy atom. The number of pyridine rings is 1. The minimum atomic E-state index is -0.452. The van der Waals surface area contributed by atoms with Gasteiger partial charge >= 0.3 is 0 Å². The van der Waals surface area contributed by atoms with E-state index in [1.807, 2.05) is 14.1 Å². The van der Waals surface area contributed by atoms with Gasteiger partial charge in [0.15, 0.2) is 5.82 Å². The van der Waals surface area contributed by atoms with E-state index in [1.165, 1.54) is 24.5 Å². The van der Waals surface area contributed by atoms with Crippen molar-refractivity contribution in [1.82, 2.24) is 9.88 Å². The van der Waals surface area contributed by atoms with E-state index < -0.39 is 17.7 Å². The standard InChI is InChI=1S/C21H18N4O4/c1-24(2)18-17(6-3-9-22-18)23-19(26)13-7-8-15-16(11-13)21(28)25(20(15)27)12-14-5-4-10-29-14/h3-11H,12H2,1-2H3,(H,23,26). The maximum atomic E-state index is 12.7. The van der Waals surface area contributed by atoms with Gasteiger partial charge in [0.2, 0.25) is 0 Å². The summed E-state index contributed by atoms with van der Waals surface area (Å²) in [5, 5.41) is 2.81. The van der Waals surface area contributed by atoms with Crippen LogP contribution >= 0.6 is 0 Å². The van der Waals surface area contributed by atoms with Crippen molar-refractivity contribution in [3.8, 4) is 0 Å². The monoisotopic (exact) mass is 390 g/mol. The van der Waals surface area contributed by atoms with Crippen molar-refractivity contribution < 1.29 is 18.8 Å². The summed E-state index contributed by atoms with van der Waals surface area (Å²) in [6, 6.07) is 11.3. The second-order valence-corrected chi connectivity index (χ2v) is 6.76. The van der Waals surface area contributed by atoms with Crippen LogP contribution in [-0.2, 0) is 6.54 Å². The molecule has 1 aromatic carbocycles. The number of carbonyl (C=O) groups excluding carboxylic acids is 3. The Morgan fingerprint density at radius 3 is 2.62 bits per heavy atom. The summed E-state index contributed by atoms with van der Waals surface area (Å²) in [6.45, 7) is 0.0444. The van der Waals surface area contributed by atoms with Gasteiger partial charge in [-0.2, -0.15) is 0 Å². The van der Waals surface area contributed by atoms with Gasteiger partial charge in [-0.1, -0.05) is 0 Å². The summed E-state index contributed by atoms with van der Waals surface area (Å²) in [7, 11) is 3.65. The molecule has 0 aliphatic carbocycles. The number of imide groups is 1. The molecule has 0 bridgehead atoms. The van der Waals surface area contributed by atoms with Crippen LogP contribution in [0.15, 0.2) is 59.3 Å². The second-order valence-electron chi connectivity index (χ2n) is 6.76. The number of anilines is 2. The van der Waals surface area contributed by atoms with Gasteiger partial charge in [0.05, 0.1) is 29.6 Å². The highest BCUT2D eigenvalue weighted by Crippen LogP contribution is 2.27. The van der Waals surface area contributed by atoms with Gasteiger partial charge < -0.3 is 14.6 Å². The topological polar surface area (TPSA) is 95.8 Å². The zero-order valence-corrected chi connectivity index (χ0v) is 15.9. The summed E-state index contributed by atoms with van der Waals surface area (Å²) in [4.78, 5) is 45.2. The van der Waals surface area contributed by atoms with Gasteiger partial charge in [0, 0.05) is 25.9 Å². The third kappa shape index (κ3) is 3.36. The Morgan fingerprint density at radius 2 is 1.90 bits per heavy atom. The summed E-state index contributed by atoms with van der Waals surface area (Å²) in [6.07, 6.45) is 3.12. The molecule has 0 spiro atoms. The average Bonchev–Trinajstić information content (AvgIpc) is 3.31. The molecule has 8 heteroatoms. The van der Waals surface area contributed by atoms with Gasteiger partial charge in [-0.3, -0.25) is 19.3 Å². The Balaban J connectivity index is 1.58. The zero-order chi connectivity index (χ0) is 20.5. The van der Waals surface area contributed by atoms with E-state index >= 15 is 0 Å². The van der Waals surface area contributed by atoms with Gasteiger partial charge in [0.25, 0.3) is 17.7 Å². The Labute approximate surface area is 166 Å². The molecule has 3 amide bonds. The molecule has 2 aromatic heterocycles. The van der Waals surface area contributed by atoms with E-state index in [1.54, 1.807) is 35.4 Å². The van der Waals surface area contributed by atoms with Gasteiger partial charge in [-0.15, -0.1) is 0 Å². The van der Waals surface area contributed by atoms with Crippen LogP contribution in [0.4, 0.5) is 11.5 Å². The molecule has 4 rings (SSSR count). The maximum absolute atomic E-state index is 12.7. The van der Waals surface area contributed by atoms with Crippen LogP contribution in [0.3, 0.4) is 0 Å². The third-order valence-electron chi connectivity index (χ3n) is 4.59. The summed E-state index contributed by atoms with van der Waals surface area (Å²) in [5.41, 5.74) is 1.30. The fourth-order valence-corrected chi connectivity index (χ4v) is 3.18. The molecule has 0 atom stereocenters. The molecule has 8 nitrogen and oxygen atoms in total. The molecule has 0 fully saturated rings. The van der Waals surface area contributed by atoms with Crippen molar-refractivity contribution >= 4 is 29.2 Å². The zero-order valence-electron chi connectivity index (χ0n) is 15.9. The number of carbonyl (C=O) groups is 3. The molecule has 0 saturated heterocycles. The van der Waals surface area contributed by atoms with Crippen LogP contribution in [-0.4, -0.2) is 41.7 Å². The van der Waals surface area contributed by atoms with E-state index in [4.69, 9.17) is 4.42 Å². The highest BCUT2D eigenvalue weighted by atomic mass is 16.3. The van der Waals surface area contributed by atoms with E-state index in [0.717, 1.165) is 4.90 Å². The van der Waals surface area contributed by atoms with Crippen LogP contribution in [0, 0.1) is 0 Å². The molecule has 3 heterocycles. The number of benzene rings is 1. The number of nitrogens with one attached hydrogen (secondary N) is 1. The van der Waals surface area contributed by atoms with Crippen molar-refractivity contribution in [2.24, 2.45) is 0 Å². The molecular formula is C21H18N4O4. The quantitative estimate of drug-likeness (QED) is 0.673. The third-order valence-corrected chi connectivity index (χ3v) is 4.59. The Hall–Kier alpha value is -3.94. The number of hydrogen-bond acceptors (Lipinski definition) is 6. The Kier molecular flexibility index (Phi) is 4.59. The lowest BCUT2D eigenvalue weighted by Crippen LogP contribution is -2.28. The SMILES string of the molecule is CN(C)c1ncccc1NC(=O)c1ccc2c(c1)C(=O)N(Cc1ccco1)C2=O. The molecular weight excluding hydrogens is 372 g/mol. The molecule has 29 heavy (non-hydrogen) atoms. The first kappa shape index (κ1) is 18.4. The van der Waals surface area contributed by atoms with Crippen LogP contribution in [0.25, 0.3) is 0 Å². The predicted molar refractivity (Wildman–Crippen MR) is 106 cm³/mol. The van der Waals surface area contributed by atoms with Gasteiger partial charge in [0.1, 0.15) is 5.76 Å². The number of nitrogens with zero attached hydrogens (tertiary/aromatic N) is 3. The predicted octanol–water partition coefficient (Wildman–Crippen LogP) is 2.79. The number of fused-ring (bicyclic) bond motifs is 1. The van der Waals surface area contributed by atoms with Crippen LogP contribution in [0.2, 0.25) is 0 Å². The number of amides is 3. The minimum Gasteiger partial charge on any atom is -0.467 e. The first-order valence-corrected chi connectivity index (χ1v) is 8.92. The van der Waals surface area contributed by atoms with Crippen molar-refractivity contribution in [1.29, 1.82) is 0 Å². The molecule has 3 aromatic rings. The largest absolute Gasteiger partial charge is 0.467 e. The molecule has 1 aliphatic heterocycles. The van der Waals surface area contributed by atoms with E-state index in [9.17, 15) is 14.4 Å². The lowest BCUT2D eigenvalue weighted by Gasteiger charge is -2.16. The average molecular weight is 390 g/mol. The molecule has 0 saturated carbocycles. The summed E-state index contributed by atoms with van der Waals surface area (Å²) < 4.78 is 5.23. The number of hydrogen-bond donors (Lipinski definition) is 1. The first-order chi connectivity index (χ1) is 14.0. The van der Waals surface area contributed by atoms with Crippen LogP contribution in [0.1, 0.15) is 36.8 Å². The lowest BCUT2D eigenvalue weighted by molar-refractivity contribution is 0.0631. The van der Waals surface area contributed by atoms with Crippen molar-refractivity contribution in [2.45, 2.75) is 6.54 Å². The number of rotatable bonds is 5. The van der Waals surface area contributed by atoms with Gasteiger partial charge in [-0.05, 0) is 42.5 Å². The maximum Gasteiger partial charge on any atom is 0.261 e. The normalized spacial score (nSPS) is 12.8. The first-order valence-electron chi connectivity index (χ1n) is 8.92. The molecule has 0 unspecified atom stereocenters. The number of aromatic nitrogens is 1. The van der Waals surface area contributed by atoms with E-state index in [-0.39, 0.29) is 23.2 Å². The van der Waals surface area contributed by atoms with Crippen LogP contribution < -0.4 is 10.2 Å². The van der Waals surface area contributed by atoms with Crippen molar-refractivity contribution in [3.05, 3.63) is 77.4 Å². The fraction of sp³-hybridized carbons (Fsp3) is 0.143. The van der Waals surface area contributed by atoms with Crippen molar-refractivity contribution in [3.63, 3.8) is 0 Å².